The van der Waals surface area contributed by atoms with Crippen LogP contribution in [0.25, 0.3) is 0 Å². The van der Waals surface area contributed by atoms with E-state index in [1.807, 2.05) is 4.90 Å². The minimum atomic E-state index is -1.16. The quantitative estimate of drug-likeness (QED) is 0.572. The van der Waals surface area contributed by atoms with Gasteiger partial charge in [-0.05, 0) is 50.9 Å². The number of carbonyl (C=O) groups excluding carboxylic acids is 1. The summed E-state index contributed by atoms with van der Waals surface area (Å²) in [6.45, 7) is 3.99. The molecule has 0 bridgehead atoms. The van der Waals surface area contributed by atoms with E-state index in [4.69, 9.17) is 11.5 Å². The minimum Gasteiger partial charge on any atom is -0.369 e. The molecular formula is C18H28N8O. The molecule has 0 saturated carbocycles. The van der Waals surface area contributed by atoms with Crippen molar-refractivity contribution in [3.63, 3.8) is 0 Å². The second-order valence-corrected chi connectivity index (χ2v) is 7.57. The monoisotopic (exact) mass is 372 g/mol. The summed E-state index contributed by atoms with van der Waals surface area (Å²) in [5.41, 5.74) is 18.3. The van der Waals surface area contributed by atoms with E-state index in [1.54, 1.807) is 18.3 Å². The van der Waals surface area contributed by atoms with Crippen molar-refractivity contribution < 1.29 is 4.79 Å². The number of amides is 1. The van der Waals surface area contributed by atoms with E-state index in [0.29, 0.717) is 17.3 Å². The van der Waals surface area contributed by atoms with Gasteiger partial charge in [0.15, 0.2) is 0 Å². The Morgan fingerprint density at radius 3 is 2.48 bits per heavy atom. The van der Waals surface area contributed by atoms with E-state index >= 15 is 0 Å². The van der Waals surface area contributed by atoms with E-state index in [0.717, 1.165) is 25.9 Å². The van der Waals surface area contributed by atoms with Gasteiger partial charge < -0.3 is 15.5 Å². The van der Waals surface area contributed by atoms with Crippen LogP contribution in [-0.4, -0.2) is 58.9 Å². The first kappa shape index (κ1) is 18.1. The molecule has 9 heteroatoms. The van der Waals surface area contributed by atoms with Crippen molar-refractivity contribution >= 4 is 11.9 Å². The highest BCUT2D eigenvalue weighted by Gasteiger charge is 2.33. The molecule has 0 aromatic carbocycles. The van der Waals surface area contributed by atoms with Gasteiger partial charge in [0.25, 0.3) is 5.91 Å². The van der Waals surface area contributed by atoms with Gasteiger partial charge in [0.05, 0.1) is 0 Å². The Kier molecular flexibility index (Phi) is 4.98. The largest absolute Gasteiger partial charge is 0.369 e. The third-order valence-electron chi connectivity index (χ3n) is 5.76. The highest BCUT2D eigenvalue weighted by atomic mass is 16.2. The third-order valence-corrected chi connectivity index (χ3v) is 5.76. The van der Waals surface area contributed by atoms with Gasteiger partial charge in [-0.2, -0.15) is 5.43 Å². The standard InChI is InChI=1S/C18H28N8O/c19-17-22-18(20,24-23-17)13-4-5-15(21-12-13)16(27)26-10-6-14(7-11-26)25-8-2-1-3-9-25/h4-5,12,14,24H,1-3,6-11,20H2,(H3,19,22,23). The van der Waals surface area contributed by atoms with Crippen LogP contribution in [0.3, 0.4) is 0 Å². The topological polar surface area (TPSA) is 125 Å². The van der Waals surface area contributed by atoms with Crippen molar-refractivity contribution in [2.75, 3.05) is 26.2 Å². The Morgan fingerprint density at radius 1 is 1.15 bits per heavy atom. The van der Waals surface area contributed by atoms with E-state index in [-0.39, 0.29) is 11.9 Å². The van der Waals surface area contributed by atoms with E-state index < -0.39 is 5.79 Å². The van der Waals surface area contributed by atoms with Crippen LogP contribution in [0.1, 0.15) is 48.2 Å². The molecule has 1 unspecified atom stereocenters. The third kappa shape index (κ3) is 3.76. The number of carbonyl (C=O) groups is 1. The molecule has 2 saturated heterocycles. The van der Waals surface area contributed by atoms with Gasteiger partial charge in [-0.25, -0.2) is 4.99 Å². The van der Waals surface area contributed by atoms with Crippen molar-refractivity contribution in [1.29, 1.82) is 0 Å². The van der Waals surface area contributed by atoms with E-state index in [9.17, 15) is 4.79 Å². The zero-order valence-electron chi connectivity index (χ0n) is 15.5. The van der Waals surface area contributed by atoms with E-state index in [1.165, 1.54) is 32.4 Å². The fourth-order valence-corrected chi connectivity index (χ4v) is 4.17. The number of hydrazine groups is 1. The second-order valence-electron chi connectivity index (χ2n) is 7.57. The average Bonchev–Trinajstić information content (AvgIpc) is 3.08. The molecule has 4 heterocycles. The van der Waals surface area contributed by atoms with Crippen molar-refractivity contribution in [2.45, 2.75) is 43.9 Å². The van der Waals surface area contributed by atoms with Crippen LogP contribution in [0, 0.1) is 0 Å². The first-order valence-electron chi connectivity index (χ1n) is 9.72. The lowest BCUT2D eigenvalue weighted by molar-refractivity contribution is 0.0584. The lowest BCUT2D eigenvalue weighted by Crippen LogP contribution is -2.50. The fraction of sp³-hybridized carbons (Fsp3) is 0.611. The Balaban J connectivity index is 1.36. The van der Waals surface area contributed by atoms with Gasteiger partial charge in [-0.1, -0.05) is 6.42 Å². The maximum absolute atomic E-state index is 12.8. The SMILES string of the molecule is NC1=NC(N)(c2ccc(C(=O)N3CCC(N4CCCCC4)CC3)nc2)NN1. The number of nitrogens with zero attached hydrogens (tertiary/aromatic N) is 4. The van der Waals surface area contributed by atoms with Crippen molar-refractivity contribution in [1.82, 2.24) is 25.6 Å². The zero-order valence-corrected chi connectivity index (χ0v) is 15.5. The minimum absolute atomic E-state index is 0.0229. The summed E-state index contributed by atoms with van der Waals surface area (Å²) < 4.78 is 0. The zero-order chi connectivity index (χ0) is 18.9. The molecule has 27 heavy (non-hydrogen) atoms. The lowest BCUT2D eigenvalue weighted by Gasteiger charge is -2.40. The van der Waals surface area contributed by atoms with Crippen LogP contribution in [-0.2, 0) is 5.79 Å². The van der Waals surface area contributed by atoms with Crippen LogP contribution < -0.4 is 22.3 Å². The Morgan fingerprint density at radius 2 is 1.89 bits per heavy atom. The summed E-state index contributed by atoms with van der Waals surface area (Å²) in [5, 5.41) is 0. The van der Waals surface area contributed by atoms with Gasteiger partial charge in [0.2, 0.25) is 11.7 Å². The normalized spacial score (nSPS) is 27.3. The molecule has 146 valence electrons. The average molecular weight is 372 g/mol. The van der Waals surface area contributed by atoms with Crippen molar-refractivity contribution in [3.05, 3.63) is 29.6 Å². The number of hydrogen-bond acceptors (Lipinski definition) is 8. The van der Waals surface area contributed by atoms with Crippen LogP contribution in [0.4, 0.5) is 0 Å². The summed E-state index contributed by atoms with van der Waals surface area (Å²) in [6.07, 6.45) is 7.61. The summed E-state index contributed by atoms with van der Waals surface area (Å²) in [6, 6.07) is 4.08. The number of aromatic nitrogens is 1. The molecule has 3 aliphatic heterocycles. The molecule has 1 aromatic heterocycles. The van der Waals surface area contributed by atoms with Gasteiger partial charge in [0, 0.05) is 30.9 Å². The van der Waals surface area contributed by atoms with Crippen LogP contribution in [0.5, 0.6) is 0 Å². The fourth-order valence-electron chi connectivity index (χ4n) is 4.17. The maximum atomic E-state index is 12.8. The number of pyridine rings is 1. The molecule has 1 amide bonds. The van der Waals surface area contributed by atoms with Gasteiger partial charge >= 0.3 is 0 Å². The molecule has 0 aliphatic carbocycles. The number of piperidine rings is 2. The molecule has 6 N–H and O–H groups in total. The van der Waals surface area contributed by atoms with Gasteiger partial charge in [0.1, 0.15) is 5.69 Å². The lowest BCUT2D eigenvalue weighted by atomic mass is 9.99. The predicted octanol–water partition coefficient (Wildman–Crippen LogP) is -0.336. The summed E-state index contributed by atoms with van der Waals surface area (Å²) in [7, 11) is 0. The Hall–Kier alpha value is -2.23. The highest BCUT2D eigenvalue weighted by molar-refractivity contribution is 5.92. The molecule has 4 rings (SSSR count). The van der Waals surface area contributed by atoms with Crippen LogP contribution in [0.2, 0.25) is 0 Å². The number of likely N-dealkylation sites (tertiary alicyclic amines) is 2. The molecular weight excluding hydrogens is 344 g/mol. The summed E-state index contributed by atoms with van der Waals surface area (Å²) in [4.78, 5) is 25.7. The Bertz CT molecular complexity index is 707. The van der Waals surface area contributed by atoms with E-state index in [2.05, 4.69) is 25.7 Å². The number of hydrogen-bond donors (Lipinski definition) is 4. The first-order chi connectivity index (χ1) is 13.0. The first-order valence-corrected chi connectivity index (χ1v) is 9.72. The van der Waals surface area contributed by atoms with Gasteiger partial charge in [-0.15, -0.1) is 0 Å². The van der Waals surface area contributed by atoms with Gasteiger partial charge in [-0.3, -0.25) is 20.9 Å². The van der Waals surface area contributed by atoms with Crippen LogP contribution >= 0.6 is 0 Å². The predicted molar refractivity (Wildman–Crippen MR) is 102 cm³/mol. The number of rotatable bonds is 3. The number of aliphatic imine (C=N–C) groups is 1. The highest BCUT2D eigenvalue weighted by Crippen LogP contribution is 2.22. The van der Waals surface area contributed by atoms with Crippen molar-refractivity contribution in [2.24, 2.45) is 16.5 Å². The molecule has 1 aromatic rings. The summed E-state index contributed by atoms with van der Waals surface area (Å²) >= 11 is 0. The van der Waals surface area contributed by atoms with Crippen LogP contribution in [0.15, 0.2) is 23.3 Å². The second kappa shape index (κ2) is 7.41. The smallest absolute Gasteiger partial charge is 0.272 e. The Labute approximate surface area is 159 Å². The molecule has 2 fully saturated rings. The number of nitrogens with two attached hydrogens (primary N) is 2. The summed E-state index contributed by atoms with van der Waals surface area (Å²) in [5.74, 6) is -0.967. The molecule has 0 radical (unpaired) electrons. The molecule has 3 aliphatic rings. The molecule has 1 atom stereocenters. The molecule has 9 nitrogen and oxygen atoms in total. The number of nitrogens with one attached hydrogen (secondary N) is 2. The molecule has 0 spiro atoms. The number of guanidine groups is 1. The maximum Gasteiger partial charge on any atom is 0.272 e. The van der Waals surface area contributed by atoms with Crippen molar-refractivity contribution in [3.8, 4) is 0 Å².